The van der Waals surface area contributed by atoms with Crippen molar-refractivity contribution in [3.8, 4) is 5.69 Å². The minimum atomic E-state index is -3.83. The minimum absolute atomic E-state index is 0.0520. The summed E-state index contributed by atoms with van der Waals surface area (Å²) in [6.07, 6.45) is 3.57. The maximum atomic E-state index is 12.3. The Bertz CT molecular complexity index is 1120. The predicted molar refractivity (Wildman–Crippen MR) is 115 cm³/mol. The van der Waals surface area contributed by atoms with Gasteiger partial charge in [-0.05, 0) is 35.7 Å². The normalized spacial score (nSPS) is 11.6. The fourth-order valence-electron chi connectivity index (χ4n) is 2.85. The first kappa shape index (κ1) is 21.1. The molecule has 3 rings (SSSR count). The van der Waals surface area contributed by atoms with Crippen molar-refractivity contribution in [2.75, 3.05) is 11.1 Å². The zero-order chi connectivity index (χ0) is 21.0. The van der Waals surface area contributed by atoms with Crippen LogP contribution in [0.4, 0.5) is 5.69 Å². The zero-order valence-electron chi connectivity index (χ0n) is 16.1. The Morgan fingerprint density at radius 3 is 2.69 bits per heavy atom. The third-order valence-corrected chi connectivity index (χ3v) is 6.08. The van der Waals surface area contributed by atoms with E-state index in [-0.39, 0.29) is 16.6 Å². The van der Waals surface area contributed by atoms with Crippen molar-refractivity contribution < 1.29 is 13.2 Å². The molecule has 1 heterocycles. The van der Waals surface area contributed by atoms with E-state index in [0.717, 1.165) is 5.69 Å². The van der Waals surface area contributed by atoms with Crippen molar-refractivity contribution in [2.24, 2.45) is 5.14 Å². The molecule has 0 bridgehead atoms. The highest BCUT2D eigenvalue weighted by Crippen LogP contribution is 2.27. The summed E-state index contributed by atoms with van der Waals surface area (Å²) in [5, 5.41) is 8.52. The number of thioether (sulfide) groups is 1. The molecular formula is C20H22N4O3S2. The summed E-state index contributed by atoms with van der Waals surface area (Å²) < 4.78 is 24.9. The molecule has 0 unspecified atom stereocenters. The van der Waals surface area contributed by atoms with E-state index in [1.54, 1.807) is 12.3 Å². The molecule has 29 heavy (non-hydrogen) atoms. The lowest BCUT2D eigenvalue weighted by molar-refractivity contribution is -0.113. The number of amides is 1. The summed E-state index contributed by atoms with van der Waals surface area (Å²) in [5.41, 5.74) is 2.59. The van der Waals surface area contributed by atoms with Gasteiger partial charge in [0.25, 0.3) is 0 Å². The van der Waals surface area contributed by atoms with Gasteiger partial charge in [-0.25, -0.2) is 18.5 Å². The summed E-state index contributed by atoms with van der Waals surface area (Å²) in [5.74, 6) is 0.203. The van der Waals surface area contributed by atoms with E-state index in [4.69, 9.17) is 5.14 Å². The van der Waals surface area contributed by atoms with Crippen LogP contribution in [-0.2, 0) is 14.8 Å². The Hall–Kier alpha value is -2.62. The monoisotopic (exact) mass is 430 g/mol. The van der Waals surface area contributed by atoms with Gasteiger partial charge in [-0.1, -0.05) is 49.9 Å². The van der Waals surface area contributed by atoms with Crippen molar-refractivity contribution in [3.63, 3.8) is 0 Å². The molecule has 0 saturated heterocycles. The van der Waals surface area contributed by atoms with E-state index in [1.807, 2.05) is 29.0 Å². The molecule has 2 aromatic carbocycles. The lowest BCUT2D eigenvalue weighted by Crippen LogP contribution is -2.16. The average Bonchev–Trinajstić information content (AvgIpc) is 3.14. The Kier molecular flexibility index (Phi) is 6.41. The smallest absolute Gasteiger partial charge is 0.238 e. The van der Waals surface area contributed by atoms with Crippen LogP contribution in [0.1, 0.15) is 25.3 Å². The first-order chi connectivity index (χ1) is 13.8. The van der Waals surface area contributed by atoms with Crippen molar-refractivity contribution in [2.45, 2.75) is 29.8 Å². The number of para-hydroxylation sites is 1. The molecule has 1 aromatic heterocycles. The maximum Gasteiger partial charge on any atom is 0.238 e. The summed E-state index contributed by atoms with van der Waals surface area (Å²) in [4.78, 5) is 16.7. The van der Waals surface area contributed by atoms with Crippen LogP contribution in [0.2, 0.25) is 0 Å². The second-order valence-electron chi connectivity index (χ2n) is 6.70. The van der Waals surface area contributed by atoms with Gasteiger partial charge >= 0.3 is 0 Å². The molecule has 0 aliphatic heterocycles. The van der Waals surface area contributed by atoms with Crippen molar-refractivity contribution in [1.82, 2.24) is 9.55 Å². The van der Waals surface area contributed by atoms with E-state index in [1.165, 1.54) is 35.5 Å². The number of nitrogens with zero attached hydrogens (tertiary/aromatic N) is 2. The first-order valence-corrected chi connectivity index (χ1v) is 11.5. The highest BCUT2D eigenvalue weighted by atomic mass is 32.2. The number of nitrogens with one attached hydrogen (secondary N) is 1. The lowest BCUT2D eigenvalue weighted by Gasteiger charge is -2.15. The quantitative estimate of drug-likeness (QED) is 0.559. The van der Waals surface area contributed by atoms with Crippen molar-refractivity contribution >= 4 is 33.4 Å². The number of imidazole rings is 1. The maximum absolute atomic E-state index is 12.3. The van der Waals surface area contributed by atoms with Gasteiger partial charge in [-0.15, -0.1) is 0 Å². The second kappa shape index (κ2) is 8.81. The van der Waals surface area contributed by atoms with E-state index in [2.05, 4.69) is 30.2 Å². The fraction of sp³-hybridized carbons (Fsp3) is 0.200. The molecule has 3 aromatic rings. The fourth-order valence-corrected chi connectivity index (χ4v) is 4.18. The van der Waals surface area contributed by atoms with Crippen LogP contribution in [0.25, 0.3) is 5.69 Å². The Morgan fingerprint density at radius 1 is 1.21 bits per heavy atom. The first-order valence-electron chi connectivity index (χ1n) is 8.94. The third-order valence-electron chi connectivity index (χ3n) is 4.20. The number of sulfonamides is 1. The van der Waals surface area contributed by atoms with E-state index in [0.29, 0.717) is 16.8 Å². The van der Waals surface area contributed by atoms with Crippen LogP contribution in [-0.4, -0.2) is 29.6 Å². The van der Waals surface area contributed by atoms with Gasteiger partial charge < -0.3 is 5.32 Å². The highest BCUT2D eigenvalue weighted by molar-refractivity contribution is 7.99. The molecule has 0 aliphatic rings. The van der Waals surface area contributed by atoms with E-state index >= 15 is 0 Å². The number of aromatic nitrogens is 2. The molecule has 0 aliphatic carbocycles. The van der Waals surface area contributed by atoms with Crippen LogP contribution < -0.4 is 10.5 Å². The van der Waals surface area contributed by atoms with Gasteiger partial charge in [0.1, 0.15) is 0 Å². The number of rotatable bonds is 7. The van der Waals surface area contributed by atoms with Crippen LogP contribution in [0.15, 0.2) is 71.0 Å². The van der Waals surface area contributed by atoms with Gasteiger partial charge in [0.05, 0.1) is 16.3 Å². The number of carbonyl (C=O) groups excluding carboxylic acids is 1. The van der Waals surface area contributed by atoms with Crippen LogP contribution in [0.5, 0.6) is 0 Å². The van der Waals surface area contributed by atoms with Crippen LogP contribution in [0, 0.1) is 0 Å². The van der Waals surface area contributed by atoms with Crippen LogP contribution >= 0.6 is 11.8 Å². The van der Waals surface area contributed by atoms with E-state index < -0.39 is 10.0 Å². The number of nitrogens with two attached hydrogens (primary N) is 1. The standard InChI is InChI=1S/C20H22N4O3S2/c1-14(2)17-8-3-4-9-18(17)24-11-10-22-20(24)28-13-19(25)23-15-6-5-7-16(12-15)29(21,26)27/h3-12,14H,13H2,1-2H3,(H,23,25)(H2,21,26,27). The number of carbonyl (C=O) groups is 1. The Morgan fingerprint density at radius 2 is 1.97 bits per heavy atom. The average molecular weight is 431 g/mol. The molecule has 152 valence electrons. The molecular weight excluding hydrogens is 408 g/mol. The third kappa shape index (κ3) is 5.26. The molecule has 9 heteroatoms. The van der Waals surface area contributed by atoms with Gasteiger partial charge in [-0.3, -0.25) is 9.36 Å². The summed E-state index contributed by atoms with van der Waals surface area (Å²) in [7, 11) is -3.83. The largest absolute Gasteiger partial charge is 0.325 e. The molecule has 0 radical (unpaired) electrons. The summed E-state index contributed by atoms with van der Waals surface area (Å²) in [6, 6.07) is 13.9. The molecule has 0 saturated carbocycles. The Labute approximate surface area is 174 Å². The predicted octanol–water partition coefficient (Wildman–Crippen LogP) is 3.37. The zero-order valence-corrected chi connectivity index (χ0v) is 17.7. The van der Waals surface area contributed by atoms with Crippen LogP contribution in [0.3, 0.4) is 0 Å². The molecule has 0 fully saturated rings. The van der Waals surface area contributed by atoms with Gasteiger partial charge in [0.2, 0.25) is 15.9 Å². The SMILES string of the molecule is CC(C)c1ccccc1-n1ccnc1SCC(=O)Nc1cccc(S(N)(=O)=O)c1. The minimum Gasteiger partial charge on any atom is -0.325 e. The van der Waals surface area contributed by atoms with E-state index in [9.17, 15) is 13.2 Å². The highest BCUT2D eigenvalue weighted by Gasteiger charge is 2.14. The van der Waals surface area contributed by atoms with Gasteiger partial charge in [0.15, 0.2) is 5.16 Å². The number of primary sulfonamides is 1. The number of hydrogen-bond donors (Lipinski definition) is 2. The number of benzene rings is 2. The second-order valence-corrected chi connectivity index (χ2v) is 9.21. The van der Waals surface area contributed by atoms with Crippen molar-refractivity contribution in [1.29, 1.82) is 0 Å². The molecule has 0 atom stereocenters. The Balaban J connectivity index is 1.71. The molecule has 0 spiro atoms. The van der Waals surface area contributed by atoms with Crippen molar-refractivity contribution in [3.05, 3.63) is 66.5 Å². The summed E-state index contributed by atoms with van der Waals surface area (Å²) in [6.45, 7) is 4.26. The number of anilines is 1. The molecule has 7 nitrogen and oxygen atoms in total. The lowest BCUT2D eigenvalue weighted by atomic mass is 10.0. The molecule has 3 N–H and O–H groups in total. The summed E-state index contributed by atoms with van der Waals surface area (Å²) >= 11 is 1.30. The van der Waals surface area contributed by atoms with Gasteiger partial charge in [-0.2, -0.15) is 0 Å². The topological polar surface area (TPSA) is 107 Å². The number of hydrogen-bond acceptors (Lipinski definition) is 5. The van der Waals surface area contributed by atoms with Gasteiger partial charge in [0, 0.05) is 18.1 Å². The molecule has 1 amide bonds.